The highest BCUT2D eigenvalue weighted by Crippen LogP contribution is 2.27. The van der Waals surface area contributed by atoms with E-state index in [0.717, 1.165) is 24.3 Å². The van der Waals surface area contributed by atoms with Gasteiger partial charge in [-0.25, -0.2) is 9.18 Å². The summed E-state index contributed by atoms with van der Waals surface area (Å²) < 4.78 is 49.2. The number of halogens is 1. The Balaban J connectivity index is 1.84. The van der Waals surface area contributed by atoms with Gasteiger partial charge in [0.2, 0.25) is 0 Å². The maximum Gasteiger partial charge on any atom is 0.339 e. The average Bonchev–Trinajstić information content (AvgIpc) is 2.78. The Hall–Kier alpha value is -3.59. The number of nitrogens with one attached hydrogen (secondary N) is 1. The summed E-state index contributed by atoms with van der Waals surface area (Å²) in [7, 11) is -2.67. The maximum absolute atomic E-state index is 13.2. The Labute approximate surface area is 192 Å². The van der Waals surface area contributed by atoms with E-state index in [9.17, 15) is 17.6 Å². The summed E-state index contributed by atoms with van der Waals surface area (Å²) in [5.74, 6) is 0.0456. The molecule has 0 saturated heterocycles. The van der Waals surface area contributed by atoms with Crippen molar-refractivity contribution in [1.29, 1.82) is 0 Å². The van der Waals surface area contributed by atoms with Crippen LogP contribution in [0.5, 0.6) is 11.5 Å². The van der Waals surface area contributed by atoms with Gasteiger partial charge in [0.1, 0.15) is 22.2 Å². The van der Waals surface area contributed by atoms with Crippen LogP contribution in [0.1, 0.15) is 19.4 Å². The zero-order valence-corrected chi connectivity index (χ0v) is 19.3. The molecule has 1 N–H and O–H groups in total. The molecular weight excluding hydrogens is 447 g/mol. The number of benzene rings is 3. The minimum atomic E-state index is -4.19. The molecule has 0 atom stereocenters. The fraction of sp³-hybridized carbons (Fsp3) is 0.208. The van der Waals surface area contributed by atoms with Crippen LogP contribution in [0.15, 0.2) is 77.7 Å². The van der Waals surface area contributed by atoms with E-state index in [-0.39, 0.29) is 29.3 Å². The van der Waals surface area contributed by atoms with Gasteiger partial charge in [0.05, 0.1) is 19.3 Å². The van der Waals surface area contributed by atoms with Crippen molar-refractivity contribution in [2.75, 3.05) is 12.4 Å². The predicted molar refractivity (Wildman–Crippen MR) is 123 cm³/mol. The molecule has 0 heterocycles. The van der Waals surface area contributed by atoms with Crippen molar-refractivity contribution in [3.05, 3.63) is 84.2 Å². The first-order chi connectivity index (χ1) is 15.7. The van der Waals surface area contributed by atoms with Crippen molar-refractivity contribution < 1.29 is 26.5 Å². The molecule has 0 unspecified atom stereocenters. The fourth-order valence-electron chi connectivity index (χ4n) is 3.09. The lowest BCUT2D eigenvalue weighted by Gasteiger charge is -2.28. The molecule has 0 aliphatic rings. The lowest BCUT2D eigenvalue weighted by molar-refractivity contribution is 0.193. The van der Waals surface area contributed by atoms with Crippen LogP contribution < -0.4 is 14.2 Å². The number of hydrogen-bond acceptors (Lipinski definition) is 5. The molecule has 0 fully saturated rings. The van der Waals surface area contributed by atoms with Crippen LogP contribution in [0.25, 0.3) is 0 Å². The molecule has 0 saturated carbocycles. The van der Waals surface area contributed by atoms with E-state index in [1.807, 2.05) is 13.8 Å². The summed E-state index contributed by atoms with van der Waals surface area (Å²) in [5, 5.41) is 2.83. The number of carbonyl (C=O) groups excluding carboxylic acids is 1. The van der Waals surface area contributed by atoms with E-state index >= 15 is 0 Å². The minimum absolute atomic E-state index is 0.0811. The molecule has 9 heteroatoms. The van der Waals surface area contributed by atoms with Crippen LogP contribution in [0.3, 0.4) is 0 Å². The number of hydrogen-bond donors (Lipinski definition) is 1. The van der Waals surface area contributed by atoms with Gasteiger partial charge in [-0.2, -0.15) is 8.42 Å². The van der Waals surface area contributed by atoms with Crippen LogP contribution in [-0.2, 0) is 16.7 Å². The third kappa shape index (κ3) is 6.01. The highest BCUT2D eigenvalue weighted by molar-refractivity contribution is 7.87. The molecule has 0 aromatic heterocycles. The third-order valence-corrected chi connectivity index (χ3v) is 6.10. The van der Waals surface area contributed by atoms with Crippen molar-refractivity contribution in [3.63, 3.8) is 0 Å². The Bertz CT molecular complexity index is 1210. The summed E-state index contributed by atoms with van der Waals surface area (Å²) in [6.45, 7) is 3.79. The van der Waals surface area contributed by atoms with E-state index < -0.39 is 15.9 Å². The third-order valence-electron chi connectivity index (χ3n) is 4.85. The van der Waals surface area contributed by atoms with Gasteiger partial charge in [-0.1, -0.05) is 30.3 Å². The number of rotatable bonds is 8. The number of urea groups is 1. The molecular formula is C24H25FN2O5S. The Morgan fingerprint density at radius 3 is 2.21 bits per heavy atom. The SMILES string of the molecule is COc1ccccc1NC(=O)N(Cc1ccccc1OS(=O)(=O)c1ccc(F)cc1)C(C)C. The number of carbonyl (C=O) groups is 1. The molecule has 3 aromatic rings. The molecule has 3 rings (SSSR count). The fourth-order valence-corrected chi connectivity index (χ4v) is 4.06. The molecule has 33 heavy (non-hydrogen) atoms. The van der Waals surface area contributed by atoms with E-state index in [2.05, 4.69) is 5.32 Å². The van der Waals surface area contributed by atoms with Crippen LogP contribution in [0, 0.1) is 5.82 Å². The van der Waals surface area contributed by atoms with E-state index in [1.165, 1.54) is 13.2 Å². The molecule has 3 aromatic carbocycles. The van der Waals surface area contributed by atoms with Gasteiger partial charge in [-0.3, -0.25) is 0 Å². The first kappa shape index (κ1) is 24.1. The van der Waals surface area contributed by atoms with Gasteiger partial charge in [0, 0.05) is 11.6 Å². The second kappa shape index (κ2) is 10.4. The Kier molecular flexibility index (Phi) is 7.55. The Morgan fingerprint density at radius 2 is 1.58 bits per heavy atom. The molecule has 7 nitrogen and oxygen atoms in total. The second-order valence-electron chi connectivity index (χ2n) is 7.45. The summed E-state index contributed by atoms with van der Waals surface area (Å²) in [4.78, 5) is 14.4. The quantitative estimate of drug-likeness (QED) is 0.464. The number of ether oxygens (including phenoxy) is 1. The lowest BCUT2D eigenvalue weighted by atomic mass is 10.1. The Morgan fingerprint density at radius 1 is 0.970 bits per heavy atom. The summed E-state index contributed by atoms with van der Waals surface area (Å²) in [5.41, 5.74) is 1.01. The van der Waals surface area contributed by atoms with Crippen molar-refractivity contribution in [2.45, 2.75) is 31.3 Å². The van der Waals surface area contributed by atoms with E-state index in [0.29, 0.717) is 17.0 Å². The molecule has 174 valence electrons. The first-order valence-corrected chi connectivity index (χ1v) is 11.6. The van der Waals surface area contributed by atoms with Gasteiger partial charge in [-0.05, 0) is 56.3 Å². The monoisotopic (exact) mass is 472 g/mol. The number of amides is 2. The minimum Gasteiger partial charge on any atom is -0.495 e. The number of nitrogens with zero attached hydrogens (tertiary/aromatic N) is 1. The second-order valence-corrected chi connectivity index (χ2v) is 9.00. The van der Waals surface area contributed by atoms with Crippen LogP contribution >= 0.6 is 0 Å². The summed E-state index contributed by atoms with van der Waals surface area (Å²) in [6.07, 6.45) is 0. The van der Waals surface area contributed by atoms with Gasteiger partial charge >= 0.3 is 16.1 Å². The number of anilines is 1. The van der Waals surface area contributed by atoms with E-state index in [4.69, 9.17) is 8.92 Å². The zero-order chi connectivity index (χ0) is 24.0. The first-order valence-electron chi connectivity index (χ1n) is 10.2. The molecule has 0 bridgehead atoms. The summed E-state index contributed by atoms with van der Waals surface area (Å²) in [6, 6.07) is 17.3. The molecule has 0 spiro atoms. The van der Waals surface area contributed by atoms with Gasteiger partial charge < -0.3 is 19.1 Å². The van der Waals surface area contributed by atoms with Crippen molar-refractivity contribution in [3.8, 4) is 11.5 Å². The van der Waals surface area contributed by atoms with Crippen molar-refractivity contribution in [1.82, 2.24) is 4.90 Å². The standard InChI is InChI=1S/C24H25FN2O5S/c1-17(2)27(24(28)26-21-9-5-7-11-23(21)31-3)16-18-8-4-6-10-22(18)32-33(29,30)20-14-12-19(25)13-15-20/h4-15,17H,16H2,1-3H3,(H,26,28). The maximum atomic E-state index is 13.2. The van der Waals surface area contributed by atoms with Crippen LogP contribution in [0.4, 0.5) is 14.9 Å². The number of para-hydroxylation sites is 3. The van der Waals surface area contributed by atoms with Crippen LogP contribution in [0.2, 0.25) is 0 Å². The number of methoxy groups -OCH3 is 1. The normalized spacial score (nSPS) is 11.2. The zero-order valence-electron chi connectivity index (χ0n) is 18.5. The van der Waals surface area contributed by atoms with Crippen LogP contribution in [-0.4, -0.2) is 32.5 Å². The molecule has 2 amide bonds. The summed E-state index contributed by atoms with van der Waals surface area (Å²) >= 11 is 0. The van der Waals surface area contributed by atoms with Gasteiger partial charge in [-0.15, -0.1) is 0 Å². The van der Waals surface area contributed by atoms with Crippen molar-refractivity contribution >= 4 is 21.8 Å². The molecule has 0 aliphatic carbocycles. The largest absolute Gasteiger partial charge is 0.495 e. The van der Waals surface area contributed by atoms with Gasteiger partial charge in [0.25, 0.3) is 0 Å². The highest BCUT2D eigenvalue weighted by Gasteiger charge is 2.23. The lowest BCUT2D eigenvalue weighted by Crippen LogP contribution is -2.39. The van der Waals surface area contributed by atoms with Gasteiger partial charge in [0.15, 0.2) is 0 Å². The highest BCUT2D eigenvalue weighted by atomic mass is 32.2. The predicted octanol–water partition coefficient (Wildman–Crippen LogP) is 5.04. The topological polar surface area (TPSA) is 84.9 Å². The smallest absolute Gasteiger partial charge is 0.339 e. The van der Waals surface area contributed by atoms with E-state index in [1.54, 1.807) is 47.4 Å². The average molecular weight is 473 g/mol. The molecule has 0 radical (unpaired) electrons. The van der Waals surface area contributed by atoms with Crippen molar-refractivity contribution in [2.24, 2.45) is 0 Å². The molecule has 0 aliphatic heterocycles.